The second-order valence-electron chi connectivity index (χ2n) is 7.91. The van der Waals surface area contributed by atoms with Crippen LogP contribution in [-0.4, -0.2) is 52.4 Å². The number of H-pyrrole nitrogens is 1. The molecule has 0 saturated carbocycles. The summed E-state index contributed by atoms with van der Waals surface area (Å²) >= 11 is 0. The van der Waals surface area contributed by atoms with E-state index >= 15 is 0 Å². The minimum Gasteiger partial charge on any atom is -0.346 e. The molecule has 1 fully saturated rings. The maximum atomic E-state index is 13.4. The number of carbonyl (C=O) groups is 2. The molecule has 1 saturated heterocycles. The summed E-state index contributed by atoms with van der Waals surface area (Å²) in [5.74, 6) is 0.0918. The average Bonchev–Trinajstić information content (AvgIpc) is 3.33. The fourth-order valence-corrected chi connectivity index (χ4v) is 4.36. The number of aromatic nitrogens is 3. The van der Waals surface area contributed by atoms with Crippen molar-refractivity contribution in [3.05, 3.63) is 66.6 Å². The van der Waals surface area contributed by atoms with Crippen molar-refractivity contribution in [3.63, 3.8) is 0 Å². The van der Waals surface area contributed by atoms with Gasteiger partial charge in [0.1, 0.15) is 17.8 Å². The Morgan fingerprint density at radius 1 is 1.06 bits per heavy atom. The Kier molecular flexibility index (Phi) is 5.51. The molecular formula is C24H24N6O2. The number of benzene rings is 2. The van der Waals surface area contributed by atoms with Gasteiger partial charge in [-0.2, -0.15) is 0 Å². The van der Waals surface area contributed by atoms with Crippen molar-refractivity contribution in [2.24, 2.45) is 0 Å². The zero-order valence-corrected chi connectivity index (χ0v) is 17.5. The van der Waals surface area contributed by atoms with Gasteiger partial charge in [0.05, 0.1) is 18.0 Å². The quantitative estimate of drug-likeness (QED) is 0.453. The second-order valence-corrected chi connectivity index (χ2v) is 7.91. The molecule has 1 atom stereocenters. The summed E-state index contributed by atoms with van der Waals surface area (Å²) < 4.78 is 0. The topological polar surface area (TPSA) is 103 Å². The van der Waals surface area contributed by atoms with E-state index in [2.05, 4.69) is 25.6 Å². The number of fused-ring (bicyclic) bond motifs is 2. The molecule has 0 bridgehead atoms. The molecule has 1 aliphatic rings. The highest BCUT2D eigenvalue weighted by atomic mass is 16.2. The lowest BCUT2D eigenvalue weighted by atomic mass is 10.0. The van der Waals surface area contributed by atoms with Gasteiger partial charge in [-0.1, -0.05) is 36.4 Å². The van der Waals surface area contributed by atoms with Crippen LogP contribution in [0.15, 0.2) is 61.1 Å². The number of nitrogens with one attached hydrogen (secondary N) is 3. The highest BCUT2D eigenvalue weighted by molar-refractivity contribution is 6.09. The molecule has 162 valence electrons. The number of hydrogen-bond donors (Lipinski definition) is 3. The summed E-state index contributed by atoms with van der Waals surface area (Å²) in [5.41, 5.74) is 1.23. The molecule has 3 N–H and O–H groups in total. The smallest absolute Gasteiger partial charge is 0.252 e. The standard InChI is InChI=1S/C24H24N6O2/c31-21(14-27-24(32)19-9-3-6-16-5-1-2-8-18(16)19)30(17-7-4-11-25-13-17)23-20-10-12-26-22(20)28-15-29-23/h1-3,5-6,8-10,12,15,17,25H,4,7,11,13-14H2,(H,27,32)(H,26,28,29). The third-order valence-corrected chi connectivity index (χ3v) is 5.90. The molecule has 2 aromatic carbocycles. The molecular weight excluding hydrogens is 404 g/mol. The first-order valence-electron chi connectivity index (χ1n) is 10.8. The first-order valence-corrected chi connectivity index (χ1v) is 10.8. The lowest BCUT2D eigenvalue weighted by Crippen LogP contribution is -2.52. The number of nitrogens with zero attached hydrogens (tertiary/aromatic N) is 3. The Morgan fingerprint density at radius 3 is 2.81 bits per heavy atom. The van der Waals surface area contributed by atoms with Gasteiger partial charge >= 0.3 is 0 Å². The summed E-state index contributed by atoms with van der Waals surface area (Å²) in [6, 6.07) is 15.1. The fraction of sp³-hybridized carbons (Fsp3) is 0.250. The maximum Gasteiger partial charge on any atom is 0.252 e. The first-order chi connectivity index (χ1) is 15.7. The van der Waals surface area contributed by atoms with Crippen LogP contribution in [0, 0.1) is 0 Å². The molecule has 0 spiro atoms. The Bertz CT molecular complexity index is 1270. The van der Waals surface area contributed by atoms with E-state index in [1.165, 1.54) is 6.33 Å². The van der Waals surface area contributed by atoms with Crippen LogP contribution >= 0.6 is 0 Å². The first kappa shape index (κ1) is 20.1. The monoisotopic (exact) mass is 428 g/mol. The number of carbonyl (C=O) groups excluding carboxylic acids is 2. The molecule has 32 heavy (non-hydrogen) atoms. The number of aromatic amines is 1. The van der Waals surface area contributed by atoms with E-state index in [4.69, 9.17) is 0 Å². The van der Waals surface area contributed by atoms with Gasteiger partial charge < -0.3 is 15.6 Å². The van der Waals surface area contributed by atoms with Crippen molar-refractivity contribution in [2.75, 3.05) is 24.5 Å². The average molecular weight is 428 g/mol. The summed E-state index contributed by atoms with van der Waals surface area (Å²) in [7, 11) is 0. The molecule has 0 aliphatic carbocycles. The van der Waals surface area contributed by atoms with Crippen LogP contribution in [0.2, 0.25) is 0 Å². The second kappa shape index (κ2) is 8.76. The number of piperidine rings is 1. The van der Waals surface area contributed by atoms with Crippen molar-refractivity contribution >= 4 is 39.4 Å². The minimum atomic E-state index is -0.272. The van der Waals surface area contributed by atoms with Crippen LogP contribution < -0.4 is 15.5 Å². The van der Waals surface area contributed by atoms with Gasteiger partial charge in [-0.05, 0) is 42.3 Å². The van der Waals surface area contributed by atoms with Crippen LogP contribution in [0.4, 0.5) is 5.82 Å². The van der Waals surface area contributed by atoms with Crippen LogP contribution in [0.25, 0.3) is 21.8 Å². The summed E-state index contributed by atoms with van der Waals surface area (Å²) in [6.45, 7) is 1.49. The molecule has 1 aliphatic heterocycles. The molecule has 2 aromatic heterocycles. The molecule has 8 heteroatoms. The Labute approximate surface area is 185 Å². The van der Waals surface area contributed by atoms with Gasteiger partial charge in [0.25, 0.3) is 5.91 Å². The van der Waals surface area contributed by atoms with E-state index < -0.39 is 0 Å². The Balaban J connectivity index is 1.40. The summed E-state index contributed by atoms with van der Waals surface area (Å²) in [4.78, 5) is 39.8. The molecule has 3 heterocycles. The molecule has 1 unspecified atom stereocenters. The lowest BCUT2D eigenvalue weighted by molar-refractivity contribution is -0.118. The highest BCUT2D eigenvalue weighted by Gasteiger charge is 2.29. The summed E-state index contributed by atoms with van der Waals surface area (Å²) in [6.07, 6.45) is 5.08. The van der Waals surface area contributed by atoms with E-state index in [0.717, 1.165) is 35.5 Å². The van der Waals surface area contributed by atoms with Crippen LogP contribution in [-0.2, 0) is 4.79 Å². The van der Waals surface area contributed by atoms with E-state index in [-0.39, 0.29) is 24.4 Å². The van der Waals surface area contributed by atoms with Crippen molar-refractivity contribution in [1.82, 2.24) is 25.6 Å². The number of hydrogen-bond acceptors (Lipinski definition) is 5. The van der Waals surface area contributed by atoms with Gasteiger partial charge in [-0.3, -0.25) is 14.5 Å². The lowest BCUT2D eigenvalue weighted by Gasteiger charge is -2.34. The van der Waals surface area contributed by atoms with Crippen molar-refractivity contribution in [3.8, 4) is 0 Å². The van der Waals surface area contributed by atoms with E-state index in [1.54, 1.807) is 17.2 Å². The number of amides is 2. The van der Waals surface area contributed by atoms with Gasteiger partial charge in [0.15, 0.2) is 0 Å². The van der Waals surface area contributed by atoms with Crippen LogP contribution in [0.3, 0.4) is 0 Å². The van der Waals surface area contributed by atoms with E-state index in [9.17, 15) is 9.59 Å². The molecule has 8 nitrogen and oxygen atoms in total. The molecule has 0 radical (unpaired) electrons. The zero-order valence-electron chi connectivity index (χ0n) is 17.5. The number of rotatable bonds is 5. The summed E-state index contributed by atoms with van der Waals surface area (Å²) in [5, 5.41) is 8.81. The largest absolute Gasteiger partial charge is 0.346 e. The fourth-order valence-electron chi connectivity index (χ4n) is 4.36. The molecule has 2 amide bonds. The molecule has 4 aromatic rings. The third-order valence-electron chi connectivity index (χ3n) is 5.90. The predicted molar refractivity (Wildman–Crippen MR) is 124 cm³/mol. The van der Waals surface area contributed by atoms with Crippen molar-refractivity contribution < 1.29 is 9.59 Å². The predicted octanol–water partition coefficient (Wildman–Crippen LogP) is 2.63. The minimum absolute atomic E-state index is 0.0429. The van der Waals surface area contributed by atoms with Gasteiger partial charge in [-0.15, -0.1) is 0 Å². The Morgan fingerprint density at radius 2 is 1.94 bits per heavy atom. The van der Waals surface area contributed by atoms with Crippen LogP contribution in [0.1, 0.15) is 23.2 Å². The van der Waals surface area contributed by atoms with E-state index in [0.29, 0.717) is 23.6 Å². The van der Waals surface area contributed by atoms with Crippen molar-refractivity contribution in [1.29, 1.82) is 0 Å². The normalized spacial score (nSPS) is 16.2. The van der Waals surface area contributed by atoms with Gasteiger partial charge in [-0.25, -0.2) is 9.97 Å². The Hall–Kier alpha value is -3.78. The number of anilines is 1. The van der Waals surface area contributed by atoms with Crippen LogP contribution in [0.5, 0.6) is 0 Å². The van der Waals surface area contributed by atoms with Gasteiger partial charge in [0, 0.05) is 18.3 Å². The van der Waals surface area contributed by atoms with Gasteiger partial charge in [0.2, 0.25) is 5.91 Å². The zero-order chi connectivity index (χ0) is 21.9. The third kappa shape index (κ3) is 3.80. The molecule has 5 rings (SSSR count). The van der Waals surface area contributed by atoms with Crippen molar-refractivity contribution in [2.45, 2.75) is 18.9 Å². The highest BCUT2D eigenvalue weighted by Crippen LogP contribution is 2.26. The SMILES string of the molecule is O=C(NCC(=O)N(c1ncnc2[nH]ccc12)C1CCCNC1)c1cccc2ccccc12. The van der Waals surface area contributed by atoms with E-state index in [1.807, 2.05) is 42.5 Å². The maximum absolute atomic E-state index is 13.4.